The predicted molar refractivity (Wildman–Crippen MR) is 120 cm³/mol. The van der Waals surface area contributed by atoms with Crippen LogP contribution in [0.25, 0.3) is 0 Å². The second kappa shape index (κ2) is 11.6. The molecule has 2 aliphatic rings. The normalized spacial score (nSPS) is 20.4. The number of carbonyl (C=O) groups excluding carboxylic acids is 3. The van der Waals surface area contributed by atoms with Gasteiger partial charge in [-0.25, -0.2) is 5.43 Å². The zero-order valence-corrected chi connectivity index (χ0v) is 19.3. The quantitative estimate of drug-likeness (QED) is 0.373. The summed E-state index contributed by atoms with van der Waals surface area (Å²) in [5.41, 5.74) is 2.23. The molecule has 7 nitrogen and oxygen atoms in total. The van der Waals surface area contributed by atoms with E-state index in [-0.39, 0.29) is 29.6 Å². The van der Waals surface area contributed by atoms with Crippen molar-refractivity contribution in [2.45, 2.75) is 58.9 Å². The van der Waals surface area contributed by atoms with E-state index in [4.69, 9.17) is 0 Å². The molecule has 1 aliphatic heterocycles. The summed E-state index contributed by atoms with van der Waals surface area (Å²) in [6, 6.07) is -0.813. The van der Waals surface area contributed by atoms with Gasteiger partial charge in [0, 0.05) is 19.3 Å². The maximum atomic E-state index is 12.8. The minimum atomic E-state index is -0.813. The lowest BCUT2D eigenvalue weighted by atomic mass is 9.82. The molecule has 1 saturated heterocycles. The SMILES string of the molecule is CN1CCSC1=NNC(=O)C(=O)C(NC(=O)C=CC(C)(C)C)C1CCCCC1.Cl. The highest BCUT2D eigenvalue weighted by Gasteiger charge is 2.34. The molecule has 0 spiro atoms. The molecule has 0 bridgehead atoms. The van der Waals surface area contributed by atoms with Gasteiger partial charge in [0.1, 0.15) is 6.04 Å². The summed E-state index contributed by atoms with van der Waals surface area (Å²) in [5, 5.41) is 7.52. The highest BCUT2D eigenvalue weighted by atomic mass is 35.5. The first-order valence-electron chi connectivity index (χ1n) is 9.93. The van der Waals surface area contributed by atoms with Crippen molar-refractivity contribution in [3.63, 3.8) is 0 Å². The van der Waals surface area contributed by atoms with Gasteiger partial charge >= 0.3 is 5.91 Å². The number of Topliss-reactive ketones (excluding diaryl/α,β-unsaturated/α-hetero) is 1. The van der Waals surface area contributed by atoms with Gasteiger partial charge in [0.25, 0.3) is 0 Å². The number of nitrogens with one attached hydrogen (secondary N) is 2. The molecule has 1 heterocycles. The Morgan fingerprint density at radius 2 is 1.86 bits per heavy atom. The van der Waals surface area contributed by atoms with Crippen LogP contribution in [0.3, 0.4) is 0 Å². The zero-order valence-electron chi connectivity index (χ0n) is 17.7. The minimum Gasteiger partial charge on any atom is -0.352 e. The molecule has 2 amide bonds. The molecule has 1 unspecified atom stereocenters. The van der Waals surface area contributed by atoms with E-state index in [1.165, 1.54) is 17.8 Å². The summed E-state index contributed by atoms with van der Waals surface area (Å²) in [6.07, 6.45) is 8.05. The smallest absolute Gasteiger partial charge is 0.309 e. The predicted octanol–water partition coefficient (Wildman–Crippen LogP) is 2.71. The third kappa shape index (κ3) is 8.38. The molecule has 2 N–H and O–H groups in total. The van der Waals surface area contributed by atoms with Gasteiger partial charge < -0.3 is 10.2 Å². The monoisotopic (exact) mass is 444 g/mol. The first-order chi connectivity index (χ1) is 13.2. The van der Waals surface area contributed by atoms with E-state index in [9.17, 15) is 14.4 Å². The van der Waals surface area contributed by atoms with E-state index in [1.807, 2.05) is 32.7 Å². The number of hydrazone groups is 1. The molecule has 1 aliphatic carbocycles. The summed E-state index contributed by atoms with van der Waals surface area (Å²) in [7, 11) is 1.89. The Morgan fingerprint density at radius 3 is 2.41 bits per heavy atom. The molecule has 9 heteroatoms. The van der Waals surface area contributed by atoms with Crippen LogP contribution in [0, 0.1) is 11.3 Å². The molecule has 164 valence electrons. The van der Waals surface area contributed by atoms with Gasteiger partial charge in [0.2, 0.25) is 11.7 Å². The van der Waals surface area contributed by atoms with Crippen molar-refractivity contribution < 1.29 is 14.4 Å². The highest BCUT2D eigenvalue weighted by Crippen LogP contribution is 2.27. The van der Waals surface area contributed by atoms with Crippen LogP contribution in [0.5, 0.6) is 0 Å². The molecule has 29 heavy (non-hydrogen) atoms. The van der Waals surface area contributed by atoms with Gasteiger partial charge in [0.15, 0.2) is 5.17 Å². The molecule has 0 aromatic heterocycles. The van der Waals surface area contributed by atoms with E-state index in [1.54, 1.807) is 6.08 Å². The fourth-order valence-electron chi connectivity index (χ4n) is 3.28. The number of thioether (sulfide) groups is 1. The van der Waals surface area contributed by atoms with E-state index in [0.717, 1.165) is 44.4 Å². The summed E-state index contributed by atoms with van der Waals surface area (Å²) in [5.74, 6) is -0.859. The highest BCUT2D eigenvalue weighted by molar-refractivity contribution is 8.14. The largest absolute Gasteiger partial charge is 0.352 e. The molecule has 1 saturated carbocycles. The lowest BCUT2D eigenvalue weighted by Gasteiger charge is -2.29. The van der Waals surface area contributed by atoms with Crippen molar-refractivity contribution in [2.75, 3.05) is 19.3 Å². The van der Waals surface area contributed by atoms with Crippen molar-refractivity contribution in [1.82, 2.24) is 15.6 Å². The average molecular weight is 445 g/mol. The fourth-order valence-corrected chi connectivity index (χ4v) is 4.25. The summed E-state index contributed by atoms with van der Waals surface area (Å²) >= 11 is 1.53. The summed E-state index contributed by atoms with van der Waals surface area (Å²) < 4.78 is 0. The lowest BCUT2D eigenvalue weighted by Crippen LogP contribution is -2.51. The van der Waals surface area contributed by atoms with Crippen LogP contribution in [0.2, 0.25) is 0 Å². The number of ketones is 1. The average Bonchev–Trinajstić information content (AvgIpc) is 3.07. The second-order valence-electron chi connectivity index (χ2n) is 8.55. The topological polar surface area (TPSA) is 90.9 Å². The third-order valence-corrected chi connectivity index (χ3v) is 5.95. The summed E-state index contributed by atoms with van der Waals surface area (Å²) in [6.45, 7) is 6.83. The molecular weight excluding hydrogens is 412 g/mol. The number of hydrogen-bond donors (Lipinski definition) is 2. The number of allylic oxidation sites excluding steroid dienone is 1. The van der Waals surface area contributed by atoms with Gasteiger partial charge in [-0.1, -0.05) is 57.9 Å². The van der Waals surface area contributed by atoms with Crippen molar-refractivity contribution >= 4 is 46.9 Å². The third-order valence-electron chi connectivity index (χ3n) is 4.90. The molecule has 0 radical (unpaired) electrons. The molecule has 2 rings (SSSR count). The van der Waals surface area contributed by atoms with Crippen LogP contribution in [-0.2, 0) is 14.4 Å². The number of hydrogen-bond acceptors (Lipinski definition) is 5. The van der Waals surface area contributed by atoms with Crippen molar-refractivity contribution in [3.05, 3.63) is 12.2 Å². The number of rotatable bonds is 6. The second-order valence-corrected chi connectivity index (χ2v) is 9.62. The minimum absolute atomic E-state index is 0. The van der Waals surface area contributed by atoms with Crippen molar-refractivity contribution in [2.24, 2.45) is 16.4 Å². The molecule has 0 aromatic carbocycles. The van der Waals surface area contributed by atoms with E-state index in [0.29, 0.717) is 5.17 Å². The van der Waals surface area contributed by atoms with E-state index in [2.05, 4.69) is 15.8 Å². The summed E-state index contributed by atoms with van der Waals surface area (Å²) in [4.78, 5) is 39.5. The first kappa shape index (κ1) is 25.5. The van der Waals surface area contributed by atoms with E-state index < -0.39 is 17.7 Å². The van der Waals surface area contributed by atoms with Crippen LogP contribution in [0.15, 0.2) is 17.3 Å². The molecule has 2 fully saturated rings. The molecule has 0 aromatic rings. The molecular formula is C20H33ClN4O3S. The van der Waals surface area contributed by atoms with Crippen molar-refractivity contribution in [3.8, 4) is 0 Å². The Balaban J connectivity index is 0.00000420. The fraction of sp³-hybridized carbons (Fsp3) is 0.700. The number of carbonyl (C=O) groups is 3. The standard InChI is InChI=1S/C20H32N4O3S.ClH/c1-20(2,3)11-10-15(25)21-16(14-8-6-5-7-9-14)17(26)18(27)22-23-19-24(4)12-13-28-19;/h10-11,14,16H,5-9,12-13H2,1-4H3,(H,21,25)(H,22,27);1H. The van der Waals surface area contributed by atoms with Gasteiger partial charge in [-0.2, -0.15) is 0 Å². The Morgan fingerprint density at radius 1 is 1.21 bits per heavy atom. The van der Waals surface area contributed by atoms with Gasteiger partial charge in [-0.05, 0) is 30.3 Å². The van der Waals surface area contributed by atoms with Crippen LogP contribution in [-0.4, -0.2) is 53.1 Å². The number of nitrogens with zero attached hydrogens (tertiary/aromatic N) is 2. The van der Waals surface area contributed by atoms with Crippen LogP contribution >= 0.6 is 24.2 Å². The Kier molecular flexibility index (Phi) is 10.2. The first-order valence-corrected chi connectivity index (χ1v) is 10.9. The Bertz CT molecular complexity index is 655. The lowest BCUT2D eigenvalue weighted by molar-refractivity contribution is -0.140. The van der Waals surface area contributed by atoms with Crippen LogP contribution in [0.4, 0.5) is 0 Å². The van der Waals surface area contributed by atoms with Crippen LogP contribution in [0.1, 0.15) is 52.9 Å². The van der Waals surface area contributed by atoms with Crippen LogP contribution < -0.4 is 10.7 Å². The Hall–Kier alpha value is -1.54. The van der Waals surface area contributed by atoms with Gasteiger partial charge in [-0.3, -0.25) is 14.4 Å². The van der Waals surface area contributed by atoms with Crippen molar-refractivity contribution in [1.29, 1.82) is 0 Å². The molecule has 1 atom stereocenters. The van der Waals surface area contributed by atoms with Gasteiger partial charge in [0.05, 0.1) is 0 Å². The maximum absolute atomic E-state index is 12.8. The van der Waals surface area contributed by atoms with E-state index >= 15 is 0 Å². The zero-order chi connectivity index (χ0) is 20.7. The Labute approximate surface area is 183 Å². The van der Waals surface area contributed by atoms with Gasteiger partial charge in [-0.15, -0.1) is 17.5 Å². The maximum Gasteiger partial charge on any atom is 0.309 e. The number of halogens is 1. The number of amidine groups is 1. The number of amides is 2.